The molecule has 2 heterocycles. The number of carbonyl (C=O) groups is 6. The molecule has 2 unspecified atom stereocenters. The number of ether oxygens (including phenoxy) is 3. The lowest BCUT2D eigenvalue weighted by molar-refractivity contribution is -0.140. The Kier molecular flexibility index (Phi) is 29.0. The van der Waals surface area contributed by atoms with Crippen molar-refractivity contribution >= 4 is 37.3 Å². The van der Waals surface area contributed by atoms with Crippen LogP contribution in [-0.2, 0) is 43.0 Å². The van der Waals surface area contributed by atoms with Crippen molar-refractivity contribution < 1.29 is 68.5 Å². The Morgan fingerprint density at radius 3 is 0.952 bits per heavy atom. The van der Waals surface area contributed by atoms with Gasteiger partial charge < -0.3 is 39.7 Å². The maximum absolute atomic E-state index is 11.8. The van der Waals surface area contributed by atoms with Gasteiger partial charge in [0.2, 0.25) is 0 Å². The molecule has 63 heavy (non-hydrogen) atoms. The molecule has 2 rings (SSSR count). The lowest BCUT2D eigenvalue weighted by Crippen LogP contribution is -2.51. The number of rotatable bonds is 27. The summed E-state index contributed by atoms with van der Waals surface area (Å²) >= 11 is 0. The lowest BCUT2D eigenvalue weighted by atomic mass is 10.0. The number of hydrogen-bond acceptors (Lipinski definition) is 20. The van der Waals surface area contributed by atoms with Crippen LogP contribution in [0.25, 0.3) is 0 Å². The van der Waals surface area contributed by atoms with E-state index < -0.39 is 30.1 Å². The molecule has 364 valence electrons. The van der Waals surface area contributed by atoms with Crippen LogP contribution in [0.15, 0.2) is 0 Å². The van der Waals surface area contributed by atoms with Gasteiger partial charge in [0.15, 0.2) is 0 Å². The summed E-state index contributed by atoms with van der Waals surface area (Å²) in [6, 6.07) is 0. The Morgan fingerprint density at radius 1 is 0.460 bits per heavy atom. The van der Waals surface area contributed by atoms with Gasteiger partial charge in [-0.1, -0.05) is 26.7 Å². The first-order valence-electron chi connectivity index (χ1n) is 22.0. The molecular formula is C40H75N9O14. The van der Waals surface area contributed by atoms with E-state index >= 15 is 0 Å². The molecule has 0 aromatic carbocycles. The van der Waals surface area contributed by atoms with Crippen molar-refractivity contribution in [1.29, 1.82) is 0 Å². The first kappa shape index (κ1) is 55.5. The van der Waals surface area contributed by atoms with Gasteiger partial charge in [-0.2, -0.15) is 0 Å². The zero-order valence-corrected chi connectivity index (χ0v) is 37.4. The highest BCUT2D eigenvalue weighted by Crippen LogP contribution is 2.13. The lowest BCUT2D eigenvalue weighted by Gasteiger charge is -2.36. The number of aliphatic hydroxyl groups is 2. The number of β-amino-alcohol motifs (C(OH)–C–C–N with tert-alkyl or cyclic N) is 2. The molecular weight excluding hydrogens is 830 g/mol. The Morgan fingerprint density at radius 2 is 0.714 bits per heavy atom. The van der Waals surface area contributed by atoms with Gasteiger partial charge in [0, 0.05) is 137 Å². The van der Waals surface area contributed by atoms with E-state index in [2.05, 4.69) is 23.6 Å². The Bertz CT molecular complexity index is 1310. The van der Waals surface area contributed by atoms with E-state index in [9.17, 15) is 54.3 Å². The summed E-state index contributed by atoms with van der Waals surface area (Å²) in [5, 5.41) is 52.1. The highest BCUT2D eigenvalue weighted by molar-refractivity contribution is 5.69. The van der Waals surface area contributed by atoms with Gasteiger partial charge in [0.1, 0.15) is 20.2 Å². The van der Waals surface area contributed by atoms with Gasteiger partial charge >= 0.3 is 17.9 Å². The van der Waals surface area contributed by atoms with Crippen molar-refractivity contribution in [2.24, 2.45) is 5.92 Å². The van der Waals surface area contributed by atoms with Crippen LogP contribution in [0.1, 0.15) is 26.7 Å². The molecule has 23 nitrogen and oxygen atoms in total. The minimum Gasteiger partial charge on any atom is -0.480 e. The molecule has 0 radical (unpaired) electrons. The minimum absolute atomic E-state index is 0.00268. The molecule has 23 heteroatoms. The van der Waals surface area contributed by atoms with Gasteiger partial charge in [-0.3, -0.25) is 72.9 Å². The highest BCUT2D eigenvalue weighted by atomic mass is 16.5. The van der Waals surface area contributed by atoms with E-state index in [1.807, 2.05) is 24.5 Å². The van der Waals surface area contributed by atoms with Crippen molar-refractivity contribution in [2.75, 3.05) is 177 Å². The SMILES string of the molecule is CCC(CC)CN(CC(O)CN1CCN(COC=O)CCN(COC=O)CCN(CC(=O)O)CC1)CC(O)CN1CCN(COC=O)CCN(CC(=O)O)CCN(CC(=O)O)CC1. The van der Waals surface area contributed by atoms with Crippen LogP contribution < -0.4 is 0 Å². The first-order valence-corrected chi connectivity index (χ1v) is 22.0. The monoisotopic (exact) mass is 906 g/mol. The molecule has 0 aromatic rings. The van der Waals surface area contributed by atoms with E-state index in [-0.39, 0.29) is 66.0 Å². The van der Waals surface area contributed by atoms with Gasteiger partial charge in [-0.25, -0.2) is 0 Å². The molecule has 0 amide bonds. The molecule has 0 spiro atoms. The van der Waals surface area contributed by atoms with Crippen LogP contribution in [0.4, 0.5) is 0 Å². The third-order valence-electron chi connectivity index (χ3n) is 11.5. The van der Waals surface area contributed by atoms with E-state index in [4.69, 9.17) is 14.2 Å². The molecule has 0 aromatic heterocycles. The van der Waals surface area contributed by atoms with Crippen LogP contribution in [0.3, 0.4) is 0 Å². The molecule has 2 atom stereocenters. The summed E-state index contributed by atoms with van der Waals surface area (Å²) in [6.45, 7) is 12.9. The Balaban J connectivity index is 2.25. The zero-order valence-electron chi connectivity index (χ0n) is 37.4. The minimum atomic E-state index is -1.00. The molecule has 0 aliphatic carbocycles. The number of hydrogen-bond donors (Lipinski definition) is 5. The number of aliphatic hydroxyl groups excluding tert-OH is 2. The number of aliphatic carboxylic acids is 3. The second kappa shape index (κ2) is 32.9. The summed E-state index contributed by atoms with van der Waals surface area (Å²) in [7, 11) is 0. The summed E-state index contributed by atoms with van der Waals surface area (Å²) in [5.74, 6) is -2.68. The van der Waals surface area contributed by atoms with Crippen LogP contribution >= 0.6 is 0 Å². The number of carbonyl (C=O) groups excluding carboxylic acids is 3. The van der Waals surface area contributed by atoms with E-state index in [1.165, 1.54) is 0 Å². The van der Waals surface area contributed by atoms with Crippen molar-refractivity contribution in [2.45, 2.75) is 38.9 Å². The van der Waals surface area contributed by atoms with Crippen LogP contribution in [0.5, 0.6) is 0 Å². The first-order chi connectivity index (χ1) is 30.3. The van der Waals surface area contributed by atoms with Crippen LogP contribution in [0.2, 0.25) is 0 Å². The smallest absolute Gasteiger partial charge is 0.317 e. The van der Waals surface area contributed by atoms with Gasteiger partial charge in [0.05, 0.1) is 31.8 Å². The summed E-state index contributed by atoms with van der Waals surface area (Å²) in [4.78, 5) is 85.4. The highest BCUT2D eigenvalue weighted by Gasteiger charge is 2.25. The predicted molar refractivity (Wildman–Crippen MR) is 228 cm³/mol. The summed E-state index contributed by atoms with van der Waals surface area (Å²) in [5.41, 5.74) is 0. The van der Waals surface area contributed by atoms with Gasteiger partial charge in [0.25, 0.3) is 19.4 Å². The molecule has 2 aliphatic heterocycles. The number of carboxylic acid groups (broad SMARTS) is 3. The Labute approximate surface area is 371 Å². The standard InChI is InChI=1S/C40H75N9O14/c1-3-35(4-2)21-49(24-36(53)22-41-5-7-43(26-38(55)56)9-10-45(28-40(59)60)13-17-46(15-11-41)29-61-32-50)25-37(54)23-42-6-8-44(27-39(57)58)14-18-48(31-63-34-52)20-19-47(16-12-42)30-62-33-51/h32-37,53-54H,3-31H2,1-2H3,(H,55,56)(H,57,58)(H,59,60). The Hall–Kier alpha value is -3.62. The summed E-state index contributed by atoms with van der Waals surface area (Å²) < 4.78 is 15.1. The van der Waals surface area contributed by atoms with Gasteiger partial charge in [-0.15, -0.1) is 0 Å². The largest absolute Gasteiger partial charge is 0.480 e. The van der Waals surface area contributed by atoms with Crippen molar-refractivity contribution in [3.8, 4) is 0 Å². The fourth-order valence-corrected chi connectivity index (χ4v) is 7.81. The van der Waals surface area contributed by atoms with Crippen molar-refractivity contribution in [1.82, 2.24) is 44.1 Å². The van der Waals surface area contributed by atoms with E-state index in [1.54, 1.807) is 9.80 Å². The fourth-order valence-electron chi connectivity index (χ4n) is 7.81. The number of nitrogens with zero attached hydrogens (tertiary/aromatic N) is 9. The molecule has 2 saturated heterocycles. The molecule has 0 saturated carbocycles. The third-order valence-corrected chi connectivity index (χ3v) is 11.5. The maximum Gasteiger partial charge on any atom is 0.317 e. The topological polar surface area (TPSA) is 260 Å². The van der Waals surface area contributed by atoms with Crippen molar-refractivity contribution in [3.05, 3.63) is 0 Å². The van der Waals surface area contributed by atoms with Crippen LogP contribution in [0, 0.1) is 5.92 Å². The fraction of sp³-hybridized carbons (Fsp3) is 0.850. The quantitative estimate of drug-likeness (QED) is 0.0396. The van der Waals surface area contributed by atoms with E-state index in [0.29, 0.717) is 137 Å². The molecule has 2 aliphatic rings. The summed E-state index contributed by atoms with van der Waals surface area (Å²) in [6.07, 6.45) is 0.0977. The average molecular weight is 906 g/mol. The molecule has 2 fully saturated rings. The van der Waals surface area contributed by atoms with Crippen LogP contribution in [-0.4, -0.2) is 296 Å². The van der Waals surface area contributed by atoms with Crippen molar-refractivity contribution in [3.63, 3.8) is 0 Å². The van der Waals surface area contributed by atoms with E-state index in [0.717, 1.165) is 12.8 Å². The second-order valence-corrected chi connectivity index (χ2v) is 16.3. The third kappa shape index (κ3) is 26.1. The normalized spacial score (nSPS) is 20.1. The van der Waals surface area contributed by atoms with Gasteiger partial charge in [-0.05, 0) is 5.92 Å². The maximum atomic E-state index is 11.8. The average Bonchev–Trinajstić information content (AvgIpc) is 3.22. The molecule has 0 bridgehead atoms. The molecule has 5 N–H and O–H groups in total. The zero-order chi connectivity index (χ0) is 46.4. The number of carboxylic acids is 3. The predicted octanol–water partition coefficient (Wildman–Crippen LogP) is -3.47. The second-order valence-electron chi connectivity index (χ2n) is 16.3.